The molecule has 0 radical (unpaired) electrons. The van der Waals surface area contributed by atoms with Crippen molar-refractivity contribution in [3.63, 3.8) is 0 Å². The van der Waals surface area contributed by atoms with Crippen LogP contribution in [-0.2, 0) is 0 Å². The van der Waals surface area contributed by atoms with Crippen LogP contribution in [0.15, 0.2) is 30.3 Å². The quantitative estimate of drug-likeness (QED) is 0.828. The number of rotatable bonds is 5. The number of hydrogen-bond donors (Lipinski definition) is 2. The van der Waals surface area contributed by atoms with Crippen molar-refractivity contribution in [3.8, 4) is 0 Å². The van der Waals surface area contributed by atoms with Crippen LogP contribution in [0.2, 0.25) is 0 Å². The summed E-state index contributed by atoms with van der Waals surface area (Å²) in [5.41, 5.74) is 1.31. The fraction of sp³-hybridized carbons (Fsp3) is 0.538. The van der Waals surface area contributed by atoms with Crippen LogP contribution in [0.5, 0.6) is 0 Å². The molecule has 94 valence electrons. The molecule has 1 atom stereocenters. The summed E-state index contributed by atoms with van der Waals surface area (Å²) in [6.07, 6.45) is -2.29. The summed E-state index contributed by atoms with van der Waals surface area (Å²) in [7, 11) is 0. The molecule has 2 nitrogen and oxygen atoms in total. The van der Waals surface area contributed by atoms with Crippen molar-refractivity contribution in [3.05, 3.63) is 35.9 Å². The summed E-state index contributed by atoms with van der Waals surface area (Å²) in [6, 6.07) is 10.4. The Balaban J connectivity index is 1.69. The molecule has 0 amide bonds. The molecular formula is C13H17F2NO. The lowest BCUT2D eigenvalue weighted by Crippen LogP contribution is -2.44. The van der Waals surface area contributed by atoms with Gasteiger partial charge in [0.25, 0.3) is 6.43 Å². The minimum Gasteiger partial charge on any atom is -0.386 e. The van der Waals surface area contributed by atoms with Crippen LogP contribution in [-0.4, -0.2) is 30.2 Å². The van der Waals surface area contributed by atoms with E-state index in [2.05, 4.69) is 17.4 Å². The molecule has 0 aromatic heterocycles. The summed E-state index contributed by atoms with van der Waals surface area (Å²) in [6.45, 7) is -0.0240. The van der Waals surface area contributed by atoms with Gasteiger partial charge in [-0.25, -0.2) is 8.78 Å². The lowest BCUT2D eigenvalue weighted by molar-refractivity contribution is -0.00634. The van der Waals surface area contributed by atoms with Crippen LogP contribution in [0.25, 0.3) is 0 Å². The third-order valence-electron chi connectivity index (χ3n) is 3.32. The zero-order valence-corrected chi connectivity index (χ0v) is 9.52. The maximum atomic E-state index is 12.1. The van der Waals surface area contributed by atoms with E-state index in [1.54, 1.807) is 0 Å². The van der Waals surface area contributed by atoms with Gasteiger partial charge in [0.15, 0.2) is 0 Å². The van der Waals surface area contributed by atoms with Crippen molar-refractivity contribution in [1.82, 2.24) is 5.32 Å². The highest BCUT2D eigenvalue weighted by Gasteiger charge is 2.30. The molecule has 1 fully saturated rings. The van der Waals surface area contributed by atoms with Crippen molar-refractivity contribution in [1.29, 1.82) is 0 Å². The smallest absolute Gasteiger partial charge is 0.265 e. The van der Waals surface area contributed by atoms with Crippen LogP contribution in [0.3, 0.4) is 0 Å². The van der Waals surface area contributed by atoms with Gasteiger partial charge < -0.3 is 10.4 Å². The van der Waals surface area contributed by atoms with Gasteiger partial charge in [0.05, 0.1) is 0 Å². The largest absolute Gasteiger partial charge is 0.386 e. The first kappa shape index (κ1) is 12.5. The highest BCUT2D eigenvalue weighted by atomic mass is 19.3. The van der Waals surface area contributed by atoms with Gasteiger partial charge in [-0.3, -0.25) is 0 Å². The number of halogens is 2. The van der Waals surface area contributed by atoms with Crippen LogP contribution in [0.1, 0.15) is 24.3 Å². The maximum absolute atomic E-state index is 12.1. The molecule has 0 heterocycles. The molecule has 1 aliphatic rings. The van der Waals surface area contributed by atoms with E-state index in [1.807, 2.05) is 18.2 Å². The van der Waals surface area contributed by atoms with Crippen LogP contribution in [0, 0.1) is 0 Å². The second-order valence-corrected chi connectivity index (χ2v) is 4.59. The van der Waals surface area contributed by atoms with Crippen molar-refractivity contribution in [2.24, 2.45) is 0 Å². The van der Waals surface area contributed by atoms with Gasteiger partial charge in [0, 0.05) is 12.6 Å². The van der Waals surface area contributed by atoms with E-state index in [-0.39, 0.29) is 12.6 Å². The summed E-state index contributed by atoms with van der Waals surface area (Å²) in [5, 5.41) is 11.9. The summed E-state index contributed by atoms with van der Waals surface area (Å²) in [4.78, 5) is 0. The Kier molecular flexibility index (Phi) is 4.07. The molecule has 2 rings (SSSR count). The molecule has 2 N–H and O–H groups in total. The fourth-order valence-electron chi connectivity index (χ4n) is 2.16. The van der Waals surface area contributed by atoms with Gasteiger partial charge in [-0.05, 0) is 24.3 Å². The Bertz CT molecular complexity index is 339. The van der Waals surface area contributed by atoms with Gasteiger partial charge in [-0.1, -0.05) is 30.3 Å². The molecule has 17 heavy (non-hydrogen) atoms. The predicted octanol–water partition coefficient (Wildman–Crippen LogP) is 2.15. The molecule has 4 heteroatoms. The Morgan fingerprint density at radius 1 is 1.24 bits per heavy atom. The molecule has 0 bridgehead atoms. The molecule has 1 unspecified atom stereocenters. The van der Waals surface area contributed by atoms with Gasteiger partial charge >= 0.3 is 0 Å². The molecule has 1 aromatic carbocycles. The van der Waals surface area contributed by atoms with Crippen LogP contribution < -0.4 is 5.32 Å². The zero-order valence-electron chi connectivity index (χ0n) is 9.52. The van der Waals surface area contributed by atoms with Crippen molar-refractivity contribution < 1.29 is 13.9 Å². The number of aliphatic hydroxyl groups is 1. The van der Waals surface area contributed by atoms with Crippen LogP contribution in [0.4, 0.5) is 8.78 Å². The molecular weight excluding hydrogens is 224 g/mol. The highest BCUT2D eigenvalue weighted by molar-refractivity contribution is 5.22. The Hall–Kier alpha value is -1.00. The van der Waals surface area contributed by atoms with Gasteiger partial charge in [0.1, 0.15) is 6.10 Å². The lowest BCUT2D eigenvalue weighted by Gasteiger charge is -2.36. The first-order valence-corrected chi connectivity index (χ1v) is 5.91. The third kappa shape index (κ3) is 3.23. The van der Waals surface area contributed by atoms with E-state index in [9.17, 15) is 8.78 Å². The summed E-state index contributed by atoms with van der Waals surface area (Å²) in [5.74, 6) is 0.525. The number of aliphatic hydroxyl groups excluding tert-OH is 1. The van der Waals surface area contributed by atoms with Crippen molar-refractivity contribution in [2.75, 3.05) is 6.54 Å². The molecule has 1 saturated carbocycles. The third-order valence-corrected chi connectivity index (χ3v) is 3.32. The number of alkyl halides is 2. The monoisotopic (exact) mass is 241 g/mol. The molecule has 1 aromatic rings. The van der Waals surface area contributed by atoms with Crippen LogP contribution >= 0.6 is 0 Å². The predicted molar refractivity (Wildman–Crippen MR) is 62.2 cm³/mol. The number of hydrogen-bond acceptors (Lipinski definition) is 2. The molecule has 1 aliphatic carbocycles. The Morgan fingerprint density at radius 2 is 1.88 bits per heavy atom. The maximum Gasteiger partial charge on any atom is 0.265 e. The number of benzene rings is 1. The lowest BCUT2D eigenvalue weighted by atomic mass is 9.76. The van der Waals surface area contributed by atoms with Gasteiger partial charge in [-0.2, -0.15) is 0 Å². The topological polar surface area (TPSA) is 32.3 Å². The second-order valence-electron chi connectivity index (χ2n) is 4.59. The fourth-order valence-corrected chi connectivity index (χ4v) is 2.16. The summed E-state index contributed by atoms with van der Waals surface area (Å²) >= 11 is 0. The first-order chi connectivity index (χ1) is 8.16. The van der Waals surface area contributed by atoms with E-state index in [4.69, 9.17) is 5.11 Å². The number of nitrogens with one attached hydrogen (secondary N) is 1. The average molecular weight is 241 g/mol. The Labute approximate surface area is 99.7 Å². The van der Waals surface area contributed by atoms with E-state index in [0.717, 1.165) is 12.8 Å². The standard InChI is InChI=1S/C13H17F2NO/c14-13(15)12(17)8-16-11-6-10(7-11)9-4-2-1-3-5-9/h1-5,10-13,16-17H,6-8H2. The van der Waals surface area contributed by atoms with E-state index in [1.165, 1.54) is 5.56 Å². The zero-order chi connectivity index (χ0) is 12.3. The van der Waals surface area contributed by atoms with Crippen molar-refractivity contribution >= 4 is 0 Å². The second kappa shape index (κ2) is 5.56. The van der Waals surface area contributed by atoms with Gasteiger partial charge in [0.2, 0.25) is 0 Å². The molecule has 0 aliphatic heterocycles. The van der Waals surface area contributed by atoms with Gasteiger partial charge in [-0.15, -0.1) is 0 Å². The van der Waals surface area contributed by atoms with Crippen molar-refractivity contribution in [2.45, 2.75) is 37.3 Å². The van der Waals surface area contributed by atoms with E-state index in [0.29, 0.717) is 5.92 Å². The summed E-state index contributed by atoms with van der Waals surface area (Å²) < 4.78 is 24.1. The highest BCUT2D eigenvalue weighted by Crippen LogP contribution is 2.36. The first-order valence-electron chi connectivity index (χ1n) is 5.91. The minimum absolute atomic E-state index is 0.0240. The minimum atomic E-state index is -2.66. The van der Waals surface area contributed by atoms with E-state index >= 15 is 0 Å². The SMILES string of the molecule is OC(CNC1CC(c2ccccc2)C1)C(F)F. The molecule has 0 spiro atoms. The normalized spacial score (nSPS) is 25.6. The molecule has 0 saturated heterocycles. The van der Waals surface area contributed by atoms with E-state index < -0.39 is 12.5 Å². The average Bonchev–Trinajstić information content (AvgIpc) is 2.28. The Morgan fingerprint density at radius 3 is 2.47 bits per heavy atom.